The summed E-state index contributed by atoms with van der Waals surface area (Å²) in [6.45, 7) is 26.2. The van der Waals surface area contributed by atoms with Crippen molar-refractivity contribution in [2.24, 2.45) is 0 Å². The number of fused-ring (bicyclic) bond motifs is 10. The van der Waals surface area contributed by atoms with Gasteiger partial charge in [0.05, 0.1) is 41.8 Å². The van der Waals surface area contributed by atoms with Gasteiger partial charge in [0.1, 0.15) is 0 Å². The van der Waals surface area contributed by atoms with Crippen LogP contribution in [0.25, 0.3) is 93.9 Å². The highest BCUT2D eigenvalue weighted by Crippen LogP contribution is 2.54. The maximum atomic E-state index is 9.49. The normalized spacial score (nSPS) is 14.8. The van der Waals surface area contributed by atoms with Crippen molar-refractivity contribution < 1.29 is 18.1 Å². The standard InChI is InChI=1S/C88H78BN3O/c1-85(2,3)61-41-45-73-69(49-61)70-50-62(86(4,5)6)42-46-74(70)90(73)76-37-25-35-65-66-36-26-38-77(84(66)93-83(65)76)91-78-48-60(56-29-19-14-20-30-56)39-43-71(78)89-72-47-59(55-27-17-13-18-28-55)40-44-75(72)92(80-54-64(88(10,11)12)53-79(91)81(80)89)82-67(57-31-21-15-22-32-57)51-63(87(7,8)9)52-68(82)58-33-23-16-24-34-58/h13-54H,1-12H3/i13D,14D,17D,18D,19D,20D,27D,28D,29D,30D. The minimum atomic E-state index is -0.654. The molecular weight excluding hydrogens is 1130 g/mol. The molecule has 0 radical (unpaired) electrons. The summed E-state index contributed by atoms with van der Waals surface area (Å²) in [5.74, 6) is 0. The summed E-state index contributed by atoms with van der Waals surface area (Å²) in [4.78, 5) is 4.66. The molecule has 0 fully saturated rings. The third-order valence-corrected chi connectivity index (χ3v) is 19.3. The predicted octanol–water partition coefficient (Wildman–Crippen LogP) is 22.6. The van der Waals surface area contributed by atoms with Gasteiger partial charge in [0.2, 0.25) is 0 Å². The number of hydrogen-bond acceptors (Lipinski definition) is 3. The first-order chi connectivity index (χ1) is 48.8. The molecular formula is C88H78BN3O. The topological polar surface area (TPSA) is 24.6 Å². The summed E-state index contributed by atoms with van der Waals surface area (Å²) in [7, 11) is 0. The van der Waals surface area contributed by atoms with Crippen LogP contribution in [0.1, 0.15) is 119 Å². The Morgan fingerprint density at radius 2 is 0.796 bits per heavy atom. The molecule has 0 saturated carbocycles. The molecule has 0 spiro atoms. The SMILES string of the molecule is [2H]c1c([2H])c([2H])c(-c2ccc3c(c2)B2c4ccc(-c5c([2H])c([2H])c([2H])c([2H])c5[2H])cc4N(c4cccc5c4oc4c(-n6c7ccc(C(C)(C)C)cc7c7cc(C(C)(C)C)ccc76)cccc45)c4cc(C(C)(C)C)cc(c42)N3c2c(-c3ccccc3)cc(C(C)(C)C)cc2-c2ccccc2)c([2H])c1[2H]. The Morgan fingerprint density at radius 3 is 1.32 bits per heavy atom. The molecule has 5 heteroatoms. The van der Waals surface area contributed by atoms with Gasteiger partial charge in [0.25, 0.3) is 6.71 Å². The first kappa shape index (κ1) is 47.8. The summed E-state index contributed by atoms with van der Waals surface area (Å²) in [6, 6.07) is 64.2. The highest BCUT2D eigenvalue weighted by Gasteiger charge is 2.46. The highest BCUT2D eigenvalue weighted by molar-refractivity contribution is 7.00. The molecule has 2 aliphatic heterocycles. The molecule has 16 rings (SSSR count). The first-order valence-corrected chi connectivity index (χ1v) is 32.4. The Kier molecular flexibility index (Phi) is 10.9. The van der Waals surface area contributed by atoms with Crippen LogP contribution in [0.5, 0.6) is 0 Å². The fraction of sp³-hybridized carbons (Fsp3) is 0.182. The maximum absolute atomic E-state index is 9.49. The van der Waals surface area contributed by atoms with Crippen LogP contribution in [-0.4, -0.2) is 11.3 Å². The molecule has 2 aliphatic rings. The predicted molar refractivity (Wildman–Crippen MR) is 399 cm³/mol. The van der Waals surface area contributed by atoms with Crippen LogP contribution in [0.2, 0.25) is 0 Å². The zero-order chi connectivity index (χ0) is 72.7. The van der Waals surface area contributed by atoms with Crippen molar-refractivity contribution in [1.82, 2.24) is 4.57 Å². The molecule has 4 nitrogen and oxygen atoms in total. The van der Waals surface area contributed by atoms with E-state index in [0.717, 1.165) is 111 Å². The smallest absolute Gasteiger partial charge is 0.252 e. The molecule has 454 valence electrons. The Hall–Kier alpha value is -10.1. The molecule has 2 aromatic heterocycles. The van der Waals surface area contributed by atoms with Crippen molar-refractivity contribution in [3.63, 3.8) is 0 Å². The largest absolute Gasteiger partial charge is 0.452 e. The number of furan rings is 1. The van der Waals surface area contributed by atoms with Gasteiger partial charge >= 0.3 is 0 Å². The average Bonchev–Trinajstić information content (AvgIpc) is 0.984. The summed E-state index contributed by atoms with van der Waals surface area (Å²) in [5.41, 5.74) is 19.9. The molecule has 0 bridgehead atoms. The second-order valence-electron chi connectivity index (χ2n) is 29.4. The summed E-state index contributed by atoms with van der Waals surface area (Å²) >= 11 is 0. The van der Waals surface area contributed by atoms with E-state index in [4.69, 9.17) is 12.6 Å². The average molecular weight is 1210 g/mol. The van der Waals surface area contributed by atoms with E-state index in [1.807, 2.05) is 48.5 Å². The zero-order valence-corrected chi connectivity index (χ0v) is 54.8. The van der Waals surface area contributed by atoms with Gasteiger partial charge in [-0.05, 0) is 166 Å². The van der Waals surface area contributed by atoms with Crippen LogP contribution >= 0.6 is 0 Å². The molecule has 93 heavy (non-hydrogen) atoms. The van der Waals surface area contributed by atoms with Crippen molar-refractivity contribution in [3.8, 4) is 50.2 Å². The minimum Gasteiger partial charge on any atom is -0.452 e. The highest BCUT2D eigenvalue weighted by atomic mass is 16.3. The molecule has 0 N–H and O–H groups in total. The van der Waals surface area contributed by atoms with Crippen LogP contribution in [0.15, 0.2) is 259 Å². The Labute approximate surface area is 562 Å². The second-order valence-corrected chi connectivity index (χ2v) is 29.4. The lowest BCUT2D eigenvalue weighted by Crippen LogP contribution is -2.61. The van der Waals surface area contributed by atoms with Gasteiger partial charge < -0.3 is 18.8 Å². The number of anilines is 6. The molecule has 0 aliphatic carbocycles. The molecule has 0 unspecified atom stereocenters. The molecule has 0 amide bonds. The van der Waals surface area contributed by atoms with Gasteiger partial charge in [0, 0.05) is 55.4 Å². The Bertz CT molecular complexity index is 5760. The van der Waals surface area contributed by atoms with Crippen molar-refractivity contribution in [3.05, 3.63) is 277 Å². The lowest BCUT2D eigenvalue weighted by molar-refractivity contribution is 0.590. The van der Waals surface area contributed by atoms with Gasteiger partial charge in [-0.1, -0.05) is 265 Å². The van der Waals surface area contributed by atoms with Crippen LogP contribution in [0.4, 0.5) is 34.1 Å². The monoisotopic (exact) mass is 1210 g/mol. The van der Waals surface area contributed by atoms with Crippen LogP contribution in [0.3, 0.4) is 0 Å². The Balaban J connectivity index is 1.06. The Morgan fingerprint density at radius 1 is 0.323 bits per heavy atom. The lowest BCUT2D eigenvalue weighted by atomic mass is 9.33. The molecule has 12 aromatic carbocycles. The van der Waals surface area contributed by atoms with Gasteiger partial charge in [0.15, 0.2) is 11.2 Å². The number of benzene rings is 12. The molecule has 4 heterocycles. The zero-order valence-electron chi connectivity index (χ0n) is 64.8. The van der Waals surface area contributed by atoms with Gasteiger partial charge in [-0.3, -0.25) is 0 Å². The maximum Gasteiger partial charge on any atom is 0.252 e. The molecule has 0 saturated heterocycles. The second kappa shape index (κ2) is 21.2. The lowest BCUT2D eigenvalue weighted by Gasteiger charge is -2.46. The van der Waals surface area contributed by atoms with Crippen molar-refractivity contribution in [1.29, 1.82) is 0 Å². The van der Waals surface area contributed by atoms with Gasteiger partial charge in [-0.2, -0.15) is 0 Å². The van der Waals surface area contributed by atoms with Crippen molar-refractivity contribution in [2.45, 2.75) is 105 Å². The summed E-state index contributed by atoms with van der Waals surface area (Å²) in [6.07, 6.45) is 0. The van der Waals surface area contributed by atoms with Gasteiger partial charge in [-0.15, -0.1) is 0 Å². The fourth-order valence-electron chi connectivity index (χ4n) is 14.4. The van der Waals surface area contributed by atoms with E-state index in [9.17, 15) is 5.48 Å². The van der Waals surface area contributed by atoms with Crippen molar-refractivity contribution in [2.75, 3.05) is 9.80 Å². The first-order valence-electron chi connectivity index (χ1n) is 37.4. The van der Waals surface area contributed by atoms with E-state index in [1.165, 1.54) is 11.1 Å². The molecule has 14 aromatic rings. The number of para-hydroxylation sites is 2. The van der Waals surface area contributed by atoms with E-state index >= 15 is 0 Å². The summed E-state index contributed by atoms with van der Waals surface area (Å²) < 4.78 is 101. The summed E-state index contributed by atoms with van der Waals surface area (Å²) in [5, 5.41) is 4.05. The van der Waals surface area contributed by atoms with Gasteiger partial charge in [-0.25, -0.2) is 0 Å². The molecule has 0 atom stereocenters. The number of rotatable bonds is 7. The third kappa shape index (κ3) is 9.56. The fourth-order valence-corrected chi connectivity index (χ4v) is 14.4. The van der Waals surface area contributed by atoms with E-state index in [-0.39, 0.29) is 51.5 Å². The van der Waals surface area contributed by atoms with Crippen molar-refractivity contribution >= 4 is 101 Å². The third-order valence-electron chi connectivity index (χ3n) is 19.3. The van der Waals surface area contributed by atoms with Crippen LogP contribution in [0, 0.1) is 0 Å². The van der Waals surface area contributed by atoms with E-state index in [1.54, 1.807) is 0 Å². The van der Waals surface area contributed by atoms with Crippen LogP contribution < -0.4 is 26.2 Å². The quantitative estimate of drug-likeness (QED) is 0.149. The number of nitrogens with zero attached hydrogens (tertiary/aromatic N) is 3. The van der Waals surface area contributed by atoms with Crippen LogP contribution in [-0.2, 0) is 21.7 Å². The van der Waals surface area contributed by atoms with E-state index in [2.05, 4.69) is 243 Å². The minimum absolute atomic E-state index is 0.0463. The number of aromatic nitrogens is 1. The van der Waals surface area contributed by atoms with E-state index in [0.29, 0.717) is 33.7 Å². The number of hydrogen-bond donors (Lipinski definition) is 0. The van der Waals surface area contributed by atoms with E-state index < -0.39 is 48.4 Å².